The fraction of sp³-hybridized carbons (Fsp3) is 0.111. The van der Waals surface area contributed by atoms with Crippen LogP contribution >= 0.6 is 0 Å². The topological polar surface area (TPSA) is 113 Å². The Labute approximate surface area is 198 Å². The van der Waals surface area contributed by atoms with Crippen LogP contribution in [0.2, 0.25) is 0 Å². The summed E-state index contributed by atoms with van der Waals surface area (Å²) in [5, 5.41) is 17.7. The van der Waals surface area contributed by atoms with Gasteiger partial charge >= 0.3 is 0 Å². The molecule has 6 aromatic rings. The molecule has 3 aromatic heterocycles. The Hall–Kier alpha value is -4.72. The quantitative estimate of drug-likeness (QED) is 0.312. The molecule has 0 bridgehead atoms. The molecule has 0 unspecified atom stereocenters. The van der Waals surface area contributed by atoms with Crippen LogP contribution in [0.4, 0.5) is 0 Å². The van der Waals surface area contributed by atoms with Crippen LogP contribution in [-0.2, 0) is 6.42 Å². The van der Waals surface area contributed by atoms with Gasteiger partial charge in [0.05, 0.1) is 19.1 Å². The second-order valence-corrected chi connectivity index (χ2v) is 8.20. The van der Waals surface area contributed by atoms with E-state index in [-0.39, 0.29) is 5.58 Å². The number of phenolic OH excluding ortho intramolecular Hbond substituents is 1. The standard InChI is InChI=1S/C27H21N3O5/c1-33-17-6-2-15(3-7-17)12-13-34-18-8-4-16(5-9-18)22-20-14-28-30-27(20)29-23-19-10-11-21(31)24(32)25(19)35-26(22)23/h2-11,14,32H,12-13H2,1H3,(H2,28,29,30). The Morgan fingerprint density at radius 1 is 0.943 bits per heavy atom. The van der Waals surface area contributed by atoms with E-state index in [2.05, 4.69) is 15.2 Å². The minimum absolute atomic E-state index is 0.136. The zero-order chi connectivity index (χ0) is 23.9. The molecule has 174 valence electrons. The molecule has 0 fully saturated rings. The Balaban J connectivity index is 1.33. The van der Waals surface area contributed by atoms with Crippen molar-refractivity contribution in [1.29, 1.82) is 0 Å². The zero-order valence-corrected chi connectivity index (χ0v) is 18.8. The van der Waals surface area contributed by atoms with Gasteiger partial charge in [0.15, 0.2) is 16.8 Å². The van der Waals surface area contributed by atoms with Crippen molar-refractivity contribution in [2.75, 3.05) is 13.7 Å². The van der Waals surface area contributed by atoms with E-state index in [0.717, 1.165) is 34.4 Å². The SMILES string of the molecule is COc1ccc(CCOc2ccc(-c3c4c[nH][nH]c4nc4c3oc3c(O)c(=O)ccc34)cc2)cc1. The number of pyridine rings is 1. The maximum absolute atomic E-state index is 11.9. The second kappa shape index (κ2) is 8.25. The maximum atomic E-state index is 11.9. The Morgan fingerprint density at radius 2 is 1.71 bits per heavy atom. The van der Waals surface area contributed by atoms with Crippen LogP contribution in [0.1, 0.15) is 5.56 Å². The number of aromatic nitrogens is 3. The normalized spacial score (nSPS) is 11.5. The highest BCUT2D eigenvalue weighted by Crippen LogP contribution is 2.40. The number of phenols is 1. The summed E-state index contributed by atoms with van der Waals surface area (Å²) in [6.45, 7) is 0.544. The summed E-state index contributed by atoms with van der Waals surface area (Å²) in [6.07, 6.45) is 2.59. The zero-order valence-electron chi connectivity index (χ0n) is 18.8. The fourth-order valence-corrected chi connectivity index (χ4v) is 4.30. The smallest absolute Gasteiger partial charge is 0.224 e. The van der Waals surface area contributed by atoms with Crippen molar-refractivity contribution < 1.29 is 19.0 Å². The lowest BCUT2D eigenvalue weighted by molar-refractivity contribution is 0.322. The number of rotatable bonds is 6. The highest BCUT2D eigenvalue weighted by atomic mass is 16.5. The first-order valence-electron chi connectivity index (χ1n) is 11.1. The number of nitrogens with one attached hydrogen (secondary N) is 2. The number of nitrogens with zero attached hydrogens (tertiary/aromatic N) is 1. The van der Waals surface area contributed by atoms with Crippen LogP contribution in [-0.4, -0.2) is 34.0 Å². The molecule has 0 aliphatic rings. The number of methoxy groups -OCH3 is 1. The summed E-state index contributed by atoms with van der Waals surface area (Å²) in [6, 6.07) is 18.6. The molecule has 35 heavy (non-hydrogen) atoms. The molecular formula is C27H21N3O5. The van der Waals surface area contributed by atoms with E-state index >= 15 is 0 Å². The molecule has 3 N–H and O–H groups in total. The van der Waals surface area contributed by atoms with E-state index < -0.39 is 11.2 Å². The number of benzene rings is 3. The number of hydrogen-bond donors (Lipinski definition) is 3. The molecule has 0 saturated carbocycles. The van der Waals surface area contributed by atoms with Crippen LogP contribution in [0.15, 0.2) is 76.1 Å². The van der Waals surface area contributed by atoms with Crippen molar-refractivity contribution in [2.24, 2.45) is 0 Å². The van der Waals surface area contributed by atoms with Gasteiger partial charge in [-0.15, -0.1) is 0 Å². The molecule has 6 rings (SSSR count). The Morgan fingerprint density at radius 3 is 2.49 bits per heavy atom. The number of aromatic amines is 2. The minimum atomic E-state index is -0.492. The van der Waals surface area contributed by atoms with Crippen LogP contribution in [0.25, 0.3) is 44.2 Å². The van der Waals surface area contributed by atoms with Crippen molar-refractivity contribution in [2.45, 2.75) is 6.42 Å². The molecule has 0 saturated heterocycles. The van der Waals surface area contributed by atoms with Crippen LogP contribution in [0, 0.1) is 0 Å². The van der Waals surface area contributed by atoms with E-state index in [4.69, 9.17) is 13.9 Å². The van der Waals surface area contributed by atoms with Gasteiger partial charge < -0.3 is 24.1 Å². The van der Waals surface area contributed by atoms with Crippen molar-refractivity contribution in [1.82, 2.24) is 15.2 Å². The number of ether oxygens (including phenoxy) is 2. The third-order valence-electron chi connectivity index (χ3n) is 6.11. The highest BCUT2D eigenvalue weighted by Gasteiger charge is 2.21. The first kappa shape index (κ1) is 20.9. The summed E-state index contributed by atoms with van der Waals surface area (Å²) in [5.41, 5.74) is 4.20. The van der Waals surface area contributed by atoms with Gasteiger partial charge in [-0.25, -0.2) is 4.98 Å². The molecule has 0 aliphatic heterocycles. The number of H-pyrrole nitrogens is 2. The molecule has 3 heterocycles. The van der Waals surface area contributed by atoms with Crippen molar-refractivity contribution >= 4 is 33.1 Å². The fourth-order valence-electron chi connectivity index (χ4n) is 4.30. The van der Waals surface area contributed by atoms with Gasteiger partial charge in [-0.2, -0.15) is 0 Å². The number of furan rings is 1. The van der Waals surface area contributed by atoms with E-state index in [1.807, 2.05) is 54.7 Å². The Kier molecular flexibility index (Phi) is 4.92. The predicted molar refractivity (Wildman–Crippen MR) is 133 cm³/mol. The molecule has 0 atom stereocenters. The summed E-state index contributed by atoms with van der Waals surface area (Å²) in [4.78, 5) is 16.6. The van der Waals surface area contributed by atoms with Gasteiger partial charge in [0.25, 0.3) is 0 Å². The summed E-state index contributed by atoms with van der Waals surface area (Å²) in [5.74, 6) is 1.17. The molecule has 0 spiro atoms. The number of hydrogen-bond acceptors (Lipinski definition) is 6. The van der Waals surface area contributed by atoms with Gasteiger partial charge in [0, 0.05) is 23.6 Å². The minimum Gasteiger partial charge on any atom is -0.502 e. The van der Waals surface area contributed by atoms with Gasteiger partial charge in [0.1, 0.15) is 17.0 Å². The van der Waals surface area contributed by atoms with Crippen molar-refractivity contribution in [3.63, 3.8) is 0 Å². The molecule has 8 nitrogen and oxygen atoms in total. The largest absolute Gasteiger partial charge is 0.502 e. The van der Waals surface area contributed by atoms with Crippen molar-refractivity contribution in [3.8, 4) is 28.4 Å². The van der Waals surface area contributed by atoms with Crippen LogP contribution in [0.5, 0.6) is 17.2 Å². The molecule has 8 heteroatoms. The van der Waals surface area contributed by atoms with E-state index in [0.29, 0.717) is 28.7 Å². The van der Waals surface area contributed by atoms with Gasteiger partial charge in [0.2, 0.25) is 11.2 Å². The van der Waals surface area contributed by atoms with Gasteiger partial charge in [-0.1, -0.05) is 24.3 Å². The van der Waals surface area contributed by atoms with Crippen LogP contribution in [0.3, 0.4) is 0 Å². The third-order valence-corrected chi connectivity index (χ3v) is 6.11. The maximum Gasteiger partial charge on any atom is 0.224 e. The monoisotopic (exact) mass is 467 g/mol. The lowest BCUT2D eigenvalue weighted by Crippen LogP contribution is -2.01. The average Bonchev–Trinajstić information content (AvgIpc) is 3.50. The van der Waals surface area contributed by atoms with Gasteiger partial charge in [-0.3, -0.25) is 9.89 Å². The third kappa shape index (κ3) is 3.56. The lowest BCUT2D eigenvalue weighted by atomic mass is 10.0. The first-order chi connectivity index (χ1) is 17.1. The predicted octanol–water partition coefficient (Wildman–Crippen LogP) is 5.15. The lowest BCUT2D eigenvalue weighted by Gasteiger charge is -2.09. The summed E-state index contributed by atoms with van der Waals surface area (Å²) < 4.78 is 17.1. The van der Waals surface area contributed by atoms with Crippen molar-refractivity contribution in [3.05, 3.63) is 82.6 Å². The number of fused-ring (bicyclic) bond motifs is 4. The summed E-state index contributed by atoms with van der Waals surface area (Å²) >= 11 is 0. The summed E-state index contributed by atoms with van der Waals surface area (Å²) in [7, 11) is 1.65. The van der Waals surface area contributed by atoms with E-state index in [1.165, 1.54) is 11.6 Å². The first-order valence-corrected chi connectivity index (χ1v) is 11.1. The number of aromatic hydroxyl groups is 1. The molecule has 0 radical (unpaired) electrons. The van der Waals surface area contributed by atoms with E-state index in [1.54, 1.807) is 13.2 Å². The van der Waals surface area contributed by atoms with E-state index in [9.17, 15) is 9.90 Å². The highest BCUT2D eigenvalue weighted by molar-refractivity contribution is 6.15. The average molecular weight is 467 g/mol. The van der Waals surface area contributed by atoms with Gasteiger partial charge in [-0.05, 0) is 47.5 Å². The second-order valence-electron chi connectivity index (χ2n) is 8.20. The molecule has 0 aliphatic carbocycles. The Bertz CT molecular complexity index is 1730. The van der Waals surface area contributed by atoms with Crippen LogP contribution < -0.4 is 14.9 Å². The molecule has 3 aromatic carbocycles. The molecule has 0 amide bonds. The molecular weight excluding hydrogens is 446 g/mol.